The first kappa shape index (κ1) is 28.2. The quantitative estimate of drug-likeness (QED) is 0.225. The summed E-state index contributed by atoms with van der Waals surface area (Å²) >= 11 is 18.7. The van der Waals surface area contributed by atoms with Gasteiger partial charge in [-0.25, -0.2) is 14.1 Å². The normalized spacial score (nSPS) is 14.0. The SMILES string of the molecule is CCOc1cc(/C=C2/NC(=O)N(CC(=O)Nc3ccccc3F)C2=O)cc(Cl)c1OCc1ccc(Cl)cc1Cl. The maximum absolute atomic E-state index is 13.8. The summed E-state index contributed by atoms with van der Waals surface area (Å²) in [4.78, 5) is 38.3. The van der Waals surface area contributed by atoms with E-state index in [0.29, 0.717) is 38.4 Å². The average Bonchev–Trinajstić information content (AvgIpc) is 3.13. The van der Waals surface area contributed by atoms with E-state index >= 15 is 0 Å². The number of benzene rings is 3. The molecule has 0 unspecified atom stereocenters. The third-order valence-electron chi connectivity index (χ3n) is 5.44. The van der Waals surface area contributed by atoms with E-state index in [1.165, 1.54) is 36.4 Å². The van der Waals surface area contributed by atoms with Gasteiger partial charge in [-0.2, -0.15) is 0 Å². The second-order valence-electron chi connectivity index (χ2n) is 8.19. The molecular weight excluding hydrogens is 572 g/mol. The van der Waals surface area contributed by atoms with Crippen molar-refractivity contribution in [1.82, 2.24) is 10.2 Å². The fourth-order valence-corrected chi connectivity index (χ4v) is 4.38. The van der Waals surface area contributed by atoms with Crippen molar-refractivity contribution in [1.29, 1.82) is 0 Å². The number of nitrogens with zero attached hydrogens (tertiary/aromatic N) is 1. The minimum absolute atomic E-state index is 0.0657. The van der Waals surface area contributed by atoms with Gasteiger partial charge in [0.1, 0.15) is 24.7 Å². The van der Waals surface area contributed by atoms with Crippen LogP contribution in [0.3, 0.4) is 0 Å². The van der Waals surface area contributed by atoms with Crippen LogP contribution >= 0.6 is 34.8 Å². The molecule has 1 heterocycles. The zero-order valence-electron chi connectivity index (χ0n) is 20.4. The van der Waals surface area contributed by atoms with Crippen LogP contribution in [-0.2, 0) is 16.2 Å². The van der Waals surface area contributed by atoms with Crippen molar-refractivity contribution in [2.75, 3.05) is 18.5 Å². The second-order valence-corrected chi connectivity index (χ2v) is 9.45. The summed E-state index contributed by atoms with van der Waals surface area (Å²) < 4.78 is 25.4. The van der Waals surface area contributed by atoms with Gasteiger partial charge in [-0.05, 0) is 55.0 Å². The summed E-state index contributed by atoms with van der Waals surface area (Å²) in [6, 6.07) is 12.9. The standard InChI is InChI=1S/C27H21Cl3FN3O5/c1-2-38-23-11-15(9-19(30)25(23)39-14-16-7-8-17(28)12-18(16)29)10-22-26(36)34(27(37)33-22)13-24(35)32-21-6-4-3-5-20(21)31/h3-12H,2,13-14H2,1H3,(H,32,35)(H,33,37)/b22-10+. The Kier molecular flexibility index (Phi) is 8.96. The Morgan fingerprint density at radius 3 is 2.54 bits per heavy atom. The lowest BCUT2D eigenvalue weighted by atomic mass is 10.1. The number of amides is 4. The predicted octanol–water partition coefficient (Wildman–Crippen LogP) is 6.30. The van der Waals surface area contributed by atoms with Gasteiger partial charge in [-0.3, -0.25) is 9.59 Å². The monoisotopic (exact) mass is 591 g/mol. The highest BCUT2D eigenvalue weighted by Gasteiger charge is 2.35. The molecule has 1 fully saturated rings. The largest absolute Gasteiger partial charge is 0.490 e. The van der Waals surface area contributed by atoms with Gasteiger partial charge in [-0.15, -0.1) is 0 Å². The second kappa shape index (κ2) is 12.4. The van der Waals surface area contributed by atoms with Crippen LogP contribution in [0.25, 0.3) is 6.08 Å². The Morgan fingerprint density at radius 1 is 1.05 bits per heavy atom. The third kappa shape index (κ3) is 6.81. The van der Waals surface area contributed by atoms with E-state index in [1.807, 2.05) is 0 Å². The van der Waals surface area contributed by atoms with Crippen LogP contribution < -0.4 is 20.1 Å². The van der Waals surface area contributed by atoms with E-state index in [1.54, 1.807) is 31.2 Å². The number of anilines is 1. The van der Waals surface area contributed by atoms with Crippen molar-refractivity contribution >= 4 is 64.4 Å². The lowest BCUT2D eigenvalue weighted by molar-refractivity contribution is -0.127. The number of para-hydroxylation sites is 1. The number of carbonyl (C=O) groups is 3. The van der Waals surface area contributed by atoms with Gasteiger partial charge in [0.25, 0.3) is 5.91 Å². The minimum atomic E-state index is -0.800. The zero-order valence-corrected chi connectivity index (χ0v) is 22.7. The summed E-state index contributed by atoms with van der Waals surface area (Å²) in [7, 11) is 0. The van der Waals surface area contributed by atoms with Crippen LogP contribution in [0.1, 0.15) is 18.1 Å². The number of ether oxygens (including phenoxy) is 2. The van der Waals surface area contributed by atoms with Gasteiger partial charge in [0.15, 0.2) is 11.5 Å². The summed E-state index contributed by atoms with van der Waals surface area (Å²) in [6.07, 6.45) is 1.39. The Balaban J connectivity index is 1.50. The number of carbonyl (C=O) groups excluding carboxylic acids is 3. The first-order valence-corrected chi connectivity index (χ1v) is 12.7. The lowest BCUT2D eigenvalue weighted by Crippen LogP contribution is -2.38. The molecule has 3 aromatic carbocycles. The van der Waals surface area contributed by atoms with Crippen molar-refractivity contribution < 1.29 is 28.2 Å². The van der Waals surface area contributed by atoms with Gasteiger partial charge >= 0.3 is 6.03 Å². The molecule has 0 bridgehead atoms. The molecule has 4 amide bonds. The van der Waals surface area contributed by atoms with E-state index in [0.717, 1.165) is 0 Å². The molecule has 12 heteroatoms. The molecule has 4 rings (SSSR count). The molecule has 202 valence electrons. The van der Waals surface area contributed by atoms with Crippen molar-refractivity contribution in [2.45, 2.75) is 13.5 Å². The van der Waals surface area contributed by atoms with Gasteiger partial charge in [0.05, 0.1) is 17.3 Å². The third-order valence-corrected chi connectivity index (χ3v) is 6.31. The number of hydrogen-bond donors (Lipinski definition) is 2. The fourth-order valence-electron chi connectivity index (χ4n) is 3.64. The number of halogens is 4. The van der Waals surface area contributed by atoms with Crippen molar-refractivity contribution in [3.63, 3.8) is 0 Å². The molecular formula is C27H21Cl3FN3O5. The molecule has 0 aliphatic carbocycles. The predicted molar refractivity (Wildman–Crippen MR) is 147 cm³/mol. The Bertz CT molecular complexity index is 1480. The smallest absolute Gasteiger partial charge is 0.329 e. The van der Waals surface area contributed by atoms with Gasteiger partial charge < -0.3 is 20.1 Å². The fraction of sp³-hybridized carbons (Fsp3) is 0.148. The number of imide groups is 1. The molecule has 2 N–H and O–H groups in total. The molecule has 3 aromatic rings. The Labute approximate surface area is 238 Å². The van der Waals surface area contributed by atoms with Crippen LogP contribution in [0.5, 0.6) is 11.5 Å². The highest BCUT2D eigenvalue weighted by molar-refractivity contribution is 6.35. The van der Waals surface area contributed by atoms with Gasteiger partial charge in [-0.1, -0.05) is 53.0 Å². The Hall–Kier alpha value is -3.79. The van der Waals surface area contributed by atoms with E-state index < -0.39 is 30.2 Å². The van der Waals surface area contributed by atoms with Crippen LogP contribution in [0.4, 0.5) is 14.9 Å². The van der Waals surface area contributed by atoms with Crippen LogP contribution in [0.15, 0.2) is 60.3 Å². The number of rotatable bonds is 9. The first-order chi connectivity index (χ1) is 18.7. The van der Waals surface area contributed by atoms with E-state index in [-0.39, 0.29) is 28.8 Å². The van der Waals surface area contributed by atoms with Gasteiger partial charge in [0, 0.05) is 15.6 Å². The van der Waals surface area contributed by atoms with E-state index in [9.17, 15) is 18.8 Å². The highest BCUT2D eigenvalue weighted by Crippen LogP contribution is 2.38. The molecule has 0 atom stereocenters. The van der Waals surface area contributed by atoms with E-state index in [2.05, 4.69) is 10.6 Å². The number of nitrogens with one attached hydrogen (secondary N) is 2. The van der Waals surface area contributed by atoms with Gasteiger partial charge in [0.2, 0.25) is 5.91 Å². The number of hydrogen-bond acceptors (Lipinski definition) is 5. The summed E-state index contributed by atoms with van der Waals surface area (Å²) in [6.45, 7) is 1.56. The summed E-state index contributed by atoms with van der Waals surface area (Å²) in [5.74, 6) is -1.56. The highest BCUT2D eigenvalue weighted by atomic mass is 35.5. The molecule has 0 saturated carbocycles. The molecule has 0 spiro atoms. The van der Waals surface area contributed by atoms with Crippen molar-refractivity contribution in [3.8, 4) is 11.5 Å². The average molecular weight is 593 g/mol. The molecule has 1 aliphatic rings. The summed E-state index contributed by atoms with van der Waals surface area (Å²) in [5, 5.41) is 5.88. The lowest BCUT2D eigenvalue weighted by Gasteiger charge is -2.15. The molecule has 1 saturated heterocycles. The van der Waals surface area contributed by atoms with Crippen molar-refractivity contribution in [2.24, 2.45) is 0 Å². The topological polar surface area (TPSA) is 97.0 Å². The zero-order chi connectivity index (χ0) is 28.1. The maximum atomic E-state index is 13.8. The summed E-state index contributed by atoms with van der Waals surface area (Å²) in [5.41, 5.74) is 0.966. The first-order valence-electron chi connectivity index (χ1n) is 11.6. The molecule has 0 aromatic heterocycles. The maximum Gasteiger partial charge on any atom is 0.329 e. The van der Waals surface area contributed by atoms with Crippen LogP contribution in [0.2, 0.25) is 15.1 Å². The van der Waals surface area contributed by atoms with Crippen LogP contribution in [-0.4, -0.2) is 35.9 Å². The Morgan fingerprint density at radius 2 is 1.82 bits per heavy atom. The molecule has 8 nitrogen and oxygen atoms in total. The van der Waals surface area contributed by atoms with E-state index in [4.69, 9.17) is 44.3 Å². The molecule has 1 aliphatic heterocycles. The molecule has 0 radical (unpaired) electrons. The molecule has 39 heavy (non-hydrogen) atoms. The number of urea groups is 1. The van der Waals surface area contributed by atoms with Crippen molar-refractivity contribution in [3.05, 3.63) is 92.3 Å². The minimum Gasteiger partial charge on any atom is -0.490 e. The van der Waals surface area contributed by atoms with Crippen LogP contribution in [0, 0.1) is 5.82 Å².